The Hall–Kier alpha value is -2.32. The van der Waals surface area contributed by atoms with Crippen LogP contribution in [-0.2, 0) is 22.1 Å². The predicted molar refractivity (Wildman–Crippen MR) is 91.8 cm³/mol. The lowest BCUT2D eigenvalue weighted by Gasteiger charge is -2.08. The summed E-state index contributed by atoms with van der Waals surface area (Å²) in [5.74, 6) is -0.168. The number of carbonyl (C=O) groups excluding carboxylic acids is 1. The maximum Gasteiger partial charge on any atom is 0.339 e. The molecule has 1 atom stereocenters. The van der Waals surface area contributed by atoms with Gasteiger partial charge in [-0.3, -0.25) is 13.4 Å². The van der Waals surface area contributed by atoms with E-state index in [4.69, 9.17) is 4.74 Å². The van der Waals surface area contributed by atoms with Crippen molar-refractivity contribution in [2.24, 2.45) is 0 Å². The Bertz CT molecular complexity index is 977. The van der Waals surface area contributed by atoms with E-state index < -0.39 is 16.8 Å². The Morgan fingerprint density at radius 1 is 1.38 bits per heavy atom. The van der Waals surface area contributed by atoms with E-state index in [1.54, 1.807) is 42.8 Å². The number of esters is 1. The van der Waals surface area contributed by atoms with Crippen molar-refractivity contribution in [2.45, 2.75) is 18.4 Å². The summed E-state index contributed by atoms with van der Waals surface area (Å²) in [7, 11) is -1.26. The lowest BCUT2D eigenvalue weighted by molar-refractivity contribution is 0.0463. The highest BCUT2D eigenvalue weighted by Gasteiger charge is 2.16. The summed E-state index contributed by atoms with van der Waals surface area (Å²) in [5.41, 5.74) is 0.427. The molecule has 0 amide bonds. The van der Waals surface area contributed by atoms with Crippen LogP contribution in [0, 0.1) is 0 Å². The van der Waals surface area contributed by atoms with Crippen molar-refractivity contribution in [3.05, 3.63) is 63.5 Å². The third-order valence-corrected chi connectivity index (χ3v) is 5.45. The average molecular weight is 362 g/mol. The molecule has 0 saturated carbocycles. The number of carbonyl (C=O) groups is 1. The molecule has 124 valence electrons. The SMILES string of the molecule is CC[S@@](=O)c1ccccc1C(=O)OCc1cc(=O)n2ccsc2n1. The van der Waals surface area contributed by atoms with Crippen molar-refractivity contribution in [1.29, 1.82) is 0 Å². The molecule has 2 heterocycles. The fourth-order valence-corrected chi connectivity index (χ4v) is 3.84. The van der Waals surface area contributed by atoms with Gasteiger partial charge in [0, 0.05) is 23.4 Å². The normalized spacial score (nSPS) is 12.2. The summed E-state index contributed by atoms with van der Waals surface area (Å²) < 4.78 is 18.7. The summed E-state index contributed by atoms with van der Waals surface area (Å²) in [6.07, 6.45) is 1.64. The van der Waals surface area contributed by atoms with Gasteiger partial charge < -0.3 is 4.74 Å². The standard InChI is InChI=1S/C16H14N2O4S2/c1-2-24(21)13-6-4-3-5-12(13)15(20)22-10-11-9-14(19)18-7-8-23-16(18)17-11/h3-9H,2,10H2,1H3/t24-/m1/s1. The van der Waals surface area contributed by atoms with Gasteiger partial charge in [-0.25, -0.2) is 9.78 Å². The number of thiazole rings is 1. The molecule has 0 fully saturated rings. The molecule has 1 aromatic carbocycles. The van der Waals surface area contributed by atoms with Crippen molar-refractivity contribution in [3.8, 4) is 0 Å². The molecule has 6 nitrogen and oxygen atoms in total. The summed E-state index contributed by atoms with van der Waals surface area (Å²) in [4.78, 5) is 29.5. The van der Waals surface area contributed by atoms with Crippen molar-refractivity contribution >= 4 is 33.1 Å². The van der Waals surface area contributed by atoms with Crippen LogP contribution in [0.3, 0.4) is 0 Å². The lowest BCUT2D eigenvalue weighted by Crippen LogP contribution is -2.15. The molecule has 0 bridgehead atoms. The first-order chi connectivity index (χ1) is 11.6. The highest BCUT2D eigenvalue weighted by atomic mass is 32.2. The zero-order valence-corrected chi connectivity index (χ0v) is 14.4. The van der Waals surface area contributed by atoms with Crippen LogP contribution in [0.5, 0.6) is 0 Å². The second kappa shape index (κ2) is 7.06. The first-order valence-corrected chi connectivity index (χ1v) is 9.40. The number of hydrogen-bond donors (Lipinski definition) is 0. The summed E-state index contributed by atoms with van der Waals surface area (Å²) in [6, 6.07) is 7.99. The number of hydrogen-bond acceptors (Lipinski definition) is 6. The Kier molecular flexibility index (Phi) is 4.86. The van der Waals surface area contributed by atoms with Crippen molar-refractivity contribution in [2.75, 3.05) is 5.75 Å². The first-order valence-electron chi connectivity index (χ1n) is 7.20. The van der Waals surface area contributed by atoms with E-state index in [0.29, 0.717) is 21.3 Å². The number of aromatic nitrogens is 2. The average Bonchev–Trinajstić information content (AvgIpc) is 3.08. The van der Waals surface area contributed by atoms with Gasteiger partial charge in [-0.05, 0) is 12.1 Å². The van der Waals surface area contributed by atoms with Gasteiger partial charge in [-0.15, -0.1) is 11.3 Å². The van der Waals surface area contributed by atoms with Crippen molar-refractivity contribution < 1.29 is 13.7 Å². The Morgan fingerprint density at radius 2 is 2.17 bits per heavy atom. The van der Waals surface area contributed by atoms with E-state index in [2.05, 4.69) is 4.98 Å². The van der Waals surface area contributed by atoms with Crippen LogP contribution in [0.4, 0.5) is 0 Å². The van der Waals surface area contributed by atoms with E-state index in [-0.39, 0.29) is 17.7 Å². The van der Waals surface area contributed by atoms with Crippen LogP contribution in [-0.4, -0.2) is 25.3 Å². The molecule has 0 aliphatic rings. The fraction of sp³-hybridized carbons (Fsp3) is 0.188. The van der Waals surface area contributed by atoms with Gasteiger partial charge in [0.05, 0.1) is 27.0 Å². The lowest BCUT2D eigenvalue weighted by atomic mass is 10.2. The van der Waals surface area contributed by atoms with Gasteiger partial charge >= 0.3 is 5.97 Å². The Labute approximate surface area is 144 Å². The maximum atomic E-state index is 12.3. The quantitative estimate of drug-likeness (QED) is 0.651. The van der Waals surface area contributed by atoms with Crippen LogP contribution < -0.4 is 5.56 Å². The Balaban J connectivity index is 1.80. The molecule has 0 aliphatic heterocycles. The van der Waals surface area contributed by atoms with Gasteiger partial charge in [0.15, 0.2) is 4.96 Å². The smallest absolute Gasteiger partial charge is 0.339 e. The predicted octanol–water partition coefficient (Wildman–Crippen LogP) is 2.24. The number of benzene rings is 1. The molecule has 0 unspecified atom stereocenters. The first kappa shape index (κ1) is 16.5. The molecule has 0 radical (unpaired) electrons. The van der Waals surface area contributed by atoms with Gasteiger partial charge in [0.1, 0.15) is 6.61 Å². The molecule has 0 N–H and O–H groups in total. The molecular formula is C16H14N2O4S2. The molecule has 0 aliphatic carbocycles. The number of ether oxygens (including phenoxy) is 1. The van der Waals surface area contributed by atoms with E-state index in [1.165, 1.54) is 21.8 Å². The summed E-state index contributed by atoms with van der Waals surface area (Å²) >= 11 is 1.33. The van der Waals surface area contributed by atoms with E-state index in [1.807, 2.05) is 0 Å². The number of rotatable bonds is 5. The minimum absolute atomic E-state index is 0.116. The van der Waals surface area contributed by atoms with Crippen LogP contribution in [0.25, 0.3) is 4.96 Å². The monoisotopic (exact) mass is 362 g/mol. The highest BCUT2D eigenvalue weighted by Crippen LogP contribution is 2.16. The second-order valence-corrected chi connectivity index (χ2v) is 7.43. The molecule has 0 saturated heterocycles. The maximum absolute atomic E-state index is 12.3. The zero-order valence-electron chi connectivity index (χ0n) is 12.8. The third-order valence-electron chi connectivity index (χ3n) is 3.32. The third kappa shape index (κ3) is 3.29. The van der Waals surface area contributed by atoms with Gasteiger partial charge in [0.2, 0.25) is 0 Å². The van der Waals surface area contributed by atoms with E-state index >= 15 is 0 Å². The van der Waals surface area contributed by atoms with Crippen LogP contribution in [0.2, 0.25) is 0 Å². The molecule has 3 rings (SSSR count). The topological polar surface area (TPSA) is 77.7 Å². The van der Waals surface area contributed by atoms with Gasteiger partial charge in [0.25, 0.3) is 5.56 Å². The van der Waals surface area contributed by atoms with Gasteiger partial charge in [-0.2, -0.15) is 0 Å². The molecule has 8 heteroatoms. The fourth-order valence-electron chi connectivity index (χ4n) is 2.17. The minimum atomic E-state index is -1.26. The van der Waals surface area contributed by atoms with Crippen molar-refractivity contribution in [3.63, 3.8) is 0 Å². The minimum Gasteiger partial charge on any atom is -0.456 e. The van der Waals surface area contributed by atoms with Crippen LogP contribution in [0.1, 0.15) is 23.0 Å². The molecule has 24 heavy (non-hydrogen) atoms. The zero-order chi connectivity index (χ0) is 17.1. The Morgan fingerprint density at radius 3 is 2.96 bits per heavy atom. The van der Waals surface area contributed by atoms with Crippen LogP contribution >= 0.6 is 11.3 Å². The molecule has 3 aromatic rings. The highest BCUT2D eigenvalue weighted by molar-refractivity contribution is 7.85. The summed E-state index contributed by atoms with van der Waals surface area (Å²) in [6.45, 7) is 1.67. The van der Waals surface area contributed by atoms with E-state index in [0.717, 1.165) is 0 Å². The molecular weight excluding hydrogens is 348 g/mol. The van der Waals surface area contributed by atoms with Crippen LogP contribution in [0.15, 0.2) is 51.6 Å². The molecule has 2 aromatic heterocycles. The molecule has 0 spiro atoms. The number of nitrogens with zero attached hydrogens (tertiary/aromatic N) is 2. The number of fused-ring (bicyclic) bond motifs is 1. The van der Waals surface area contributed by atoms with E-state index in [9.17, 15) is 13.8 Å². The van der Waals surface area contributed by atoms with Crippen molar-refractivity contribution in [1.82, 2.24) is 9.38 Å². The summed E-state index contributed by atoms with van der Waals surface area (Å²) in [5, 5.41) is 1.76. The largest absolute Gasteiger partial charge is 0.456 e. The second-order valence-electron chi connectivity index (χ2n) is 4.85. The van der Waals surface area contributed by atoms with Gasteiger partial charge in [-0.1, -0.05) is 19.1 Å².